The van der Waals surface area contributed by atoms with Crippen LogP contribution >= 0.6 is 12.2 Å². The molecule has 7 heteroatoms. The molecule has 6 nitrogen and oxygen atoms in total. The average Bonchev–Trinajstić information content (AvgIpc) is 2.67. The number of hydrazone groups is 1. The molecule has 0 unspecified atom stereocenters. The third kappa shape index (κ3) is 6.28. The standard InChI is InChI=1S/C20H22N4O2S/c1-14(2)16-5-7-17(8-6-16)23-20(27)24-22-13-15-4-9-18(26-11-10-21)19(12-15)25-3/h4-9,12-14H,11H2,1-3H3,(H2,23,24,27)/b22-13+. The molecule has 0 bridgehead atoms. The Balaban J connectivity index is 1.92. The Morgan fingerprint density at radius 2 is 1.96 bits per heavy atom. The van der Waals surface area contributed by atoms with Crippen LogP contribution < -0.4 is 20.2 Å². The van der Waals surface area contributed by atoms with E-state index >= 15 is 0 Å². The van der Waals surface area contributed by atoms with Gasteiger partial charge in [-0.25, -0.2) is 0 Å². The lowest BCUT2D eigenvalue weighted by Gasteiger charge is -2.10. The third-order valence-corrected chi connectivity index (χ3v) is 3.89. The summed E-state index contributed by atoms with van der Waals surface area (Å²) in [5, 5.41) is 16.2. The maximum absolute atomic E-state index is 8.59. The van der Waals surface area contributed by atoms with Gasteiger partial charge >= 0.3 is 0 Å². The molecule has 0 radical (unpaired) electrons. The molecule has 0 fully saturated rings. The number of hydrogen-bond donors (Lipinski definition) is 2. The van der Waals surface area contributed by atoms with Crippen molar-refractivity contribution in [2.24, 2.45) is 5.10 Å². The van der Waals surface area contributed by atoms with Crippen LogP contribution in [0.2, 0.25) is 0 Å². The normalized spacial score (nSPS) is 10.5. The van der Waals surface area contributed by atoms with Crippen LogP contribution in [0.5, 0.6) is 11.5 Å². The van der Waals surface area contributed by atoms with E-state index in [0.29, 0.717) is 22.5 Å². The van der Waals surface area contributed by atoms with E-state index in [1.54, 1.807) is 18.3 Å². The molecule has 2 aromatic carbocycles. The van der Waals surface area contributed by atoms with E-state index in [2.05, 4.69) is 41.8 Å². The fourth-order valence-electron chi connectivity index (χ4n) is 2.27. The molecule has 0 saturated carbocycles. The zero-order valence-electron chi connectivity index (χ0n) is 15.5. The maximum Gasteiger partial charge on any atom is 0.191 e. The van der Waals surface area contributed by atoms with Crippen LogP contribution in [0.4, 0.5) is 5.69 Å². The van der Waals surface area contributed by atoms with Gasteiger partial charge in [0.05, 0.1) is 13.3 Å². The first kappa shape index (κ1) is 20.2. The van der Waals surface area contributed by atoms with Crippen molar-refractivity contribution < 1.29 is 9.47 Å². The minimum atomic E-state index is -0.0383. The topological polar surface area (TPSA) is 78.7 Å². The Morgan fingerprint density at radius 1 is 1.22 bits per heavy atom. The van der Waals surface area contributed by atoms with Crippen molar-refractivity contribution in [3.63, 3.8) is 0 Å². The zero-order valence-corrected chi connectivity index (χ0v) is 16.3. The molecule has 0 atom stereocenters. The van der Waals surface area contributed by atoms with Crippen molar-refractivity contribution in [3.05, 3.63) is 53.6 Å². The van der Waals surface area contributed by atoms with Gasteiger partial charge < -0.3 is 14.8 Å². The minimum absolute atomic E-state index is 0.0383. The van der Waals surface area contributed by atoms with Gasteiger partial charge in [0.2, 0.25) is 0 Å². The van der Waals surface area contributed by atoms with E-state index in [-0.39, 0.29) is 6.61 Å². The SMILES string of the molecule is COc1cc(/C=N/NC(=S)Nc2ccc(C(C)C)cc2)ccc1OCC#N. The molecule has 0 heterocycles. The van der Waals surface area contributed by atoms with E-state index < -0.39 is 0 Å². The first-order valence-electron chi connectivity index (χ1n) is 8.41. The third-order valence-electron chi connectivity index (χ3n) is 3.69. The number of nitrogens with one attached hydrogen (secondary N) is 2. The lowest BCUT2D eigenvalue weighted by Crippen LogP contribution is -2.23. The summed E-state index contributed by atoms with van der Waals surface area (Å²) < 4.78 is 10.5. The maximum atomic E-state index is 8.59. The molecule has 2 rings (SSSR count). The lowest BCUT2D eigenvalue weighted by atomic mass is 10.0. The monoisotopic (exact) mass is 382 g/mol. The first-order valence-corrected chi connectivity index (χ1v) is 8.82. The van der Waals surface area contributed by atoms with Gasteiger partial charge in [0.25, 0.3) is 0 Å². The number of ether oxygens (including phenoxy) is 2. The van der Waals surface area contributed by atoms with Gasteiger partial charge in [0, 0.05) is 5.69 Å². The van der Waals surface area contributed by atoms with Crippen LogP contribution in [0.3, 0.4) is 0 Å². The molecule has 27 heavy (non-hydrogen) atoms. The predicted molar refractivity (Wildman–Crippen MR) is 112 cm³/mol. The summed E-state index contributed by atoms with van der Waals surface area (Å²) in [6, 6.07) is 15.3. The Labute approximate surface area is 164 Å². The van der Waals surface area contributed by atoms with E-state index in [9.17, 15) is 0 Å². The molecule has 2 N–H and O–H groups in total. The summed E-state index contributed by atoms with van der Waals surface area (Å²) >= 11 is 5.24. The number of rotatable bonds is 7. The molecule has 2 aromatic rings. The van der Waals surface area contributed by atoms with Crippen molar-refractivity contribution in [1.29, 1.82) is 5.26 Å². The van der Waals surface area contributed by atoms with Crippen molar-refractivity contribution in [3.8, 4) is 17.6 Å². The second-order valence-corrected chi connectivity index (χ2v) is 6.37. The Bertz CT molecular complexity index is 842. The first-order chi connectivity index (χ1) is 13.0. The van der Waals surface area contributed by atoms with Gasteiger partial charge in [0.15, 0.2) is 23.2 Å². The van der Waals surface area contributed by atoms with Crippen LogP contribution in [0.25, 0.3) is 0 Å². The number of nitriles is 1. The second-order valence-electron chi connectivity index (χ2n) is 5.96. The molecule has 0 saturated heterocycles. The van der Waals surface area contributed by atoms with E-state index in [1.807, 2.05) is 24.3 Å². The highest BCUT2D eigenvalue weighted by atomic mass is 32.1. The van der Waals surface area contributed by atoms with Crippen molar-refractivity contribution >= 4 is 29.2 Å². The minimum Gasteiger partial charge on any atom is -0.493 e. The number of thiocarbonyl (C=S) groups is 1. The summed E-state index contributed by atoms with van der Waals surface area (Å²) in [7, 11) is 1.54. The predicted octanol–water partition coefficient (Wildman–Crippen LogP) is 4.04. The Kier molecular flexibility index (Phi) is 7.59. The highest BCUT2D eigenvalue weighted by Gasteiger charge is 2.05. The molecule has 0 spiro atoms. The molecule has 0 aliphatic rings. The summed E-state index contributed by atoms with van der Waals surface area (Å²) in [4.78, 5) is 0. The fourth-order valence-corrected chi connectivity index (χ4v) is 2.44. The summed E-state index contributed by atoms with van der Waals surface area (Å²) in [5.74, 6) is 1.52. The van der Waals surface area contributed by atoms with Gasteiger partial charge in [0.1, 0.15) is 6.07 Å². The van der Waals surface area contributed by atoms with E-state index in [4.69, 9.17) is 27.0 Å². The average molecular weight is 382 g/mol. The summed E-state index contributed by atoms with van der Waals surface area (Å²) in [6.45, 7) is 4.27. The van der Waals surface area contributed by atoms with Crippen LogP contribution in [-0.4, -0.2) is 25.0 Å². The van der Waals surface area contributed by atoms with Crippen molar-refractivity contribution in [1.82, 2.24) is 5.43 Å². The molecular weight excluding hydrogens is 360 g/mol. The van der Waals surface area contributed by atoms with Gasteiger partial charge in [-0.15, -0.1) is 0 Å². The van der Waals surface area contributed by atoms with Crippen molar-refractivity contribution in [2.45, 2.75) is 19.8 Å². The van der Waals surface area contributed by atoms with Crippen LogP contribution in [0.15, 0.2) is 47.6 Å². The quantitative estimate of drug-likeness (QED) is 0.427. The molecule has 0 amide bonds. The summed E-state index contributed by atoms with van der Waals surface area (Å²) in [6.07, 6.45) is 1.62. The van der Waals surface area contributed by atoms with Gasteiger partial charge in [-0.05, 0) is 59.6 Å². The lowest BCUT2D eigenvalue weighted by molar-refractivity contribution is 0.329. The Hall–Kier alpha value is -3.11. The highest BCUT2D eigenvalue weighted by Crippen LogP contribution is 2.27. The molecule has 140 valence electrons. The number of nitrogens with zero attached hydrogens (tertiary/aromatic N) is 2. The van der Waals surface area contributed by atoms with E-state index in [1.165, 1.54) is 12.7 Å². The van der Waals surface area contributed by atoms with Gasteiger partial charge in [-0.2, -0.15) is 10.4 Å². The van der Waals surface area contributed by atoms with Crippen LogP contribution in [-0.2, 0) is 0 Å². The largest absolute Gasteiger partial charge is 0.493 e. The number of anilines is 1. The fraction of sp³-hybridized carbons (Fsp3) is 0.250. The molecule has 0 aliphatic carbocycles. The second kappa shape index (κ2) is 10.1. The molecular formula is C20H22N4O2S. The van der Waals surface area contributed by atoms with E-state index in [0.717, 1.165) is 11.3 Å². The van der Waals surface area contributed by atoms with Gasteiger partial charge in [-0.3, -0.25) is 5.43 Å². The smallest absolute Gasteiger partial charge is 0.191 e. The van der Waals surface area contributed by atoms with Crippen LogP contribution in [0, 0.1) is 11.3 Å². The highest BCUT2D eigenvalue weighted by molar-refractivity contribution is 7.80. The Morgan fingerprint density at radius 3 is 2.59 bits per heavy atom. The zero-order chi connectivity index (χ0) is 19.6. The number of benzene rings is 2. The number of hydrogen-bond acceptors (Lipinski definition) is 5. The number of methoxy groups -OCH3 is 1. The van der Waals surface area contributed by atoms with Crippen molar-refractivity contribution in [2.75, 3.05) is 19.0 Å². The van der Waals surface area contributed by atoms with Crippen LogP contribution in [0.1, 0.15) is 30.9 Å². The molecule has 0 aromatic heterocycles. The molecule has 0 aliphatic heterocycles. The summed E-state index contributed by atoms with van der Waals surface area (Å²) in [5.41, 5.74) is 5.74. The van der Waals surface area contributed by atoms with Gasteiger partial charge in [-0.1, -0.05) is 26.0 Å².